The van der Waals surface area contributed by atoms with E-state index < -0.39 is 29.2 Å². The molecule has 1 saturated heterocycles. The minimum Gasteiger partial charge on any atom is -0.543 e. The zero-order chi connectivity index (χ0) is 27.4. The normalized spacial score (nSPS) is 21.2. The second-order valence-electron chi connectivity index (χ2n) is 9.27. The number of hydrogen-bond donors (Lipinski definition) is 2. The third-order valence-corrected chi connectivity index (χ3v) is 8.03. The Morgan fingerprint density at radius 2 is 1.97 bits per heavy atom. The van der Waals surface area contributed by atoms with E-state index in [9.17, 15) is 24.3 Å². The Morgan fingerprint density at radius 3 is 2.69 bits per heavy atom. The van der Waals surface area contributed by atoms with Crippen LogP contribution in [-0.2, 0) is 30.6 Å². The standard InChI is InChI=1S/C26H26N6O6S/c33-15-27-19-10-6-9-18(28-19)20(30-38-17-7-2-3-8-17)23(34)29-21-24(35)32-22(26(36)37)16(14-39-25(21)32)13-31-11-4-1-5-12-31/h1,4-6,9-12,15,17,21,25H,2-3,7-8,13-14H2,(H2-,27,28,29,33,34,36,37)/b30-20-/t21?,25-/m1/s1. The SMILES string of the molecule is O=CNc1cccc(/C(=N/OC2CCCC2)C(=O)NC2C(=O)N3C(C(=O)[O-])=C(C[n+]4ccccc4)CS[C@H]23)n1. The summed E-state index contributed by atoms with van der Waals surface area (Å²) in [5.41, 5.74) is 0.370. The number of nitrogens with zero attached hydrogens (tertiary/aromatic N) is 4. The number of pyridine rings is 2. The number of oxime groups is 1. The summed E-state index contributed by atoms with van der Waals surface area (Å²) in [6.07, 6.45) is 7.58. The van der Waals surface area contributed by atoms with Gasteiger partial charge in [-0.05, 0) is 37.8 Å². The van der Waals surface area contributed by atoms with Crippen LogP contribution in [0.1, 0.15) is 31.4 Å². The van der Waals surface area contributed by atoms with Crippen molar-refractivity contribution in [3.8, 4) is 0 Å². The Labute approximate surface area is 228 Å². The summed E-state index contributed by atoms with van der Waals surface area (Å²) in [5, 5.41) is 20.7. The number of anilines is 1. The van der Waals surface area contributed by atoms with Gasteiger partial charge in [0.2, 0.25) is 6.41 Å². The molecule has 1 aliphatic carbocycles. The summed E-state index contributed by atoms with van der Waals surface area (Å²) in [7, 11) is 0. The van der Waals surface area contributed by atoms with Gasteiger partial charge < -0.3 is 25.4 Å². The Kier molecular flexibility index (Phi) is 7.87. The predicted molar refractivity (Wildman–Crippen MR) is 137 cm³/mol. The quantitative estimate of drug-likeness (QED) is 0.134. The van der Waals surface area contributed by atoms with Crippen molar-refractivity contribution in [2.75, 3.05) is 11.1 Å². The molecule has 0 aromatic carbocycles. The maximum atomic E-state index is 13.4. The van der Waals surface area contributed by atoms with Crippen LogP contribution in [0.3, 0.4) is 0 Å². The van der Waals surface area contributed by atoms with Gasteiger partial charge in [-0.25, -0.2) is 9.55 Å². The lowest BCUT2D eigenvalue weighted by molar-refractivity contribution is -0.689. The molecule has 2 aromatic heterocycles. The van der Waals surface area contributed by atoms with Crippen molar-refractivity contribution >= 4 is 47.5 Å². The molecule has 2 atom stereocenters. The number of hydrogen-bond acceptors (Lipinski definition) is 9. The molecule has 5 rings (SSSR count). The fraction of sp³-hybridized carbons (Fsp3) is 0.346. The number of carbonyl (C=O) groups excluding carboxylic acids is 4. The number of fused-ring (bicyclic) bond motifs is 1. The summed E-state index contributed by atoms with van der Waals surface area (Å²) in [4.78, 5) is 60.5. The topological polar surface area (TPSA) is 157 Å². The van der Waals surface area contributed by atoms with Crippen LogP contribution in [0.2, 0.25) is 0 Å². The van der Waals surface area contributed by atoms with Crippen LogP contribution < -0.4 is 20.3 Å². The van der Waals surface area contributed by atoms with Gasteiger partial charge in [-0.1, -0.05) is 17.3 Å². The number of carboxylic acids is 1. The fourth-order valence-corrected chi connectivity index (χ4v) is 6.13. The van der Waals surface area contributed by atoms with Gasteiger partial charge in [0.05, 0.1) is 11.7 Å². The largest absolute Gasteiger partial charge is 0.543 e. The first-order chi connectivity index (χ1) is 19.0. The molecule has 1 unspecified atom stereocenters. The molecule has 12 nitrogen and oxygen atoms in total. The van der Waals surface area contributed by atoms with E-state index in [-0.39, 0.29) is 35.6 Å². The van der Waals surface area contributed by atoms with E-state index in [0.717, 1.165) is 25.7 Å². The molecular weight excluding hydrogens is 524 g/mol. The van der Waals surface area contributed by atoms with Crippen LogP contribution in [-0.4, -0.2) is 63.1 Å². The van der Waals surface area contributed by atoms with Crippen molar-refractivity contribution in [2.45, 2.75) is 49.7 Å². The van der Waals surface area contributed by atoms with E-state index in [1.54, 1.807) is 30.6 Å². The van der Waals surface area contributed by atoms with Gasteiger partial charge in [0, 0.05) is 23.5 Å². The van der Waals surface area contributed by atoms with E-state index in [0.29, 0.717) is 17.7 Å². The highest BCUT2D eigenvalue weighted by molar-refractivity contribution is 8.00. The number of nitrogens with one attached hydrogen (secondary N) is 2. The van der Waals surface area contributed by atoms with Crippen molar-refractivity contribution in [1.82, 2.24) is 15.2 Å². The first-order valence-corrected chi connectivity index (χ1v) is 13.6. The Bertz CT molecular complexity index is 1340. The second kappa shape index (κ2) is 11.6. The highest BCUT2D eigenvalue weighted by Crippen LogP contribution is 2.40. The van der Waals surface area contributed by atoms with Gasteiger partial charge in [0.1, 0.15) is 29.0 Å². The molecular formula is C26H26N6O6S. The highest BCUT2D eigenvalue weighted by atomic mass is 32.2. The lowest BCUT2D eigenvalue weighted by Gasteiger charge is -2.50. The van der Waals surface area contributed by atoms with E-state index >= 15 is 0 Å². The number of aromatic nitrogens is 2. The number of carbonyl (C=O) groups is 4. The molecule has 2 aromatic rings. The van der Waals surface area contributed by atoms with Crippen molar-refractivity contribution in [2.24, 2.45) is 5.16 Å². The first-order valence-electron chi connectivity index (χ1n) is 12.5. The van der Waals surface area contributed by atoms with E-state index in [1.807, 2.05) is 22.8 Å². The molecule has 2 aliphatic heterocycles. The van der Waals surface area contributed by atoms with Crippen LogP contribution >= 0.6 is 11.8 Å². The summed E-state index contributed by atoms with van der Waals surface area (Å²) >= 11 is 1.36. The van der Waals surface area contributed by atoms with Crippen molar-refractivity contribution in [1.29, 1.82) is 0 Å². The van der Waals surface area contributed by atoms with Gasteiger partial charge in [0.25, 0.3) is 11.8 Å². The van der Waals surface area contributed by atoms with Crippen LogP contribution in [0.5, 0.6) is 0 Å². The molecule has 1 saturated carbocycles. The van der Waals surface area contributed by atoms with E-state index in [1.165, 1.54) is 16.7 Å². The molecule has 3 aliphatic rings. The average molecular weight is 551 g/mol. The average Bonchev–Trinajstić information content (AvgIpc) is 3.46. The zero-order valence-corrected chi connectivity index (χ0v) is 21.6. The van der Waals surface area contributed by atoms with Gasteiger partial charge >= 0.3 is 0 Å². The molecule has 4 heterocycles. The van der Waals surface area contributed by atoms with Crippen molar-refractivity contribution in [3.63, 3.8) is 0 Å². The minimum absolute atomic E-state index is 0.129. The van der Waals surface area contributed by atoms with E-state index in [4.69, 9.17) is 4.84 Å². The number of aliphatic carboxylic acids is 1. The Hall–Kier alpha value is -4.26. The molecule has 2 fully saturated rings. The number of rotatable bonds is 10. The molecule has 0 bridgehead atoms. The summed E-state index contributed by atoms with van der Waals surface area (Å²) in [6, 6.07) is 9.22. The summed E-state index contributed by atoms with van der Waals surface area (Å²) in [5.74, 6) is -2.15. The second-order valence-corrected chi connectivity index (χ2v) is 10.4. The van der Waals surface area contributed by atoms with E-state index in [2.05, 4.69) is 20.8 Å². The number of β-lactam (4-membered cyclic amide) rings is 1. The number of carboxylic acid groups (broad SMARTS) is 1. The smallest absolute Gasteiger partial charge is 0.276 e. The third kappa shape index (κ3) is 5.62. The summed E-state index contributed by atoms with van der Waals surface area (Å²) < 4.78 is 1.82. The number of thioether (sulfide) groups is 1. The van der Waals surface area contributed by atoms with Crippen molar-refractivity contribution < 1.29 is 33.7 Å². The lowest BCUT2D eigenvalue weighted by Crippen LogP contribution is -2.71. The molecule has 0 spiro atoms. The molecule has 2 N–H and O–H groups in total. The highest BCUT2D eigenvalue weighted by Gasteiger charge is 2.53. The Morgan fingerprint density at radius 1 is 1.21 bits per heavy atom. The van der Waals surface area contributed by atoms with Gasteiger partial charge in [0.15, 0.2) is 24.7 Å². The maximum absolute atomic E-state index is 13.4. The maximum Gasteiger partial charge on any atom is 0.276 e. The van der Waals surface area contributed by atoms with Crippen LogP contribution in [0, 0.1) is 0 Å². The third-order valence-electron chi connectivity index (χ3n) is 6.69. The fourth-order valence-electron chi connectivity index (χ4n) is 4.80. The molecule has 202 valence electrons. The molecule has 39 heavy (non-hydrogen) atoms. The monoisotopic (exact) mass is 550 g/mol. The number of amides is 3. The molecule has 0 radical (unpaired) electrons. The predicted octanol–water partition coefficient (Wildman–Crippen LogP) is -0.295. The molecule has 13 heteroatoms. The first kappa shape index (κ1) is 26.4. The van der Waals surface area contributed by atoms with Crippen LogP contribution in [0.4, 0.5) is 5.82 Å². The van der Waals surface area contributed by atoms with Crippen molar-refractivity contribution in [3.05, 3.63) is 65.8 Å². The zero-order valence-electron chi connectivity index (χ0n) is 20.8. The summed E-state index contributed by atoms with van der Waals surface area (Å²) in [6.45, 7) is 0.289. The lowest BCUT2D eigenvalue weighted by atomic mass is 10.0. The van der Waals surface area contributed by atoms with Crippen LogP contribution in [0.15, 0.2) is 65.2 Å². The Balaban J connectivity index is 1.36. The van der Waals surface area contributed by atoms with Gasteiger partial charge in [-0.2, -0.15) is 0 Å². The van der Waals surface area contributed by atoms with Gasteiger partial charge in [-0.15, -0.1) is 11.8 Å². The van der Waals surface area contributed by atoms with Gasteiger partial charge in [-0.3, -0.25) is 19.3 Å². The van der Waals surface area contributed by atoms with Crippen LogP contribution in [0.25, 0.3) is 0 Å². The minimum atomic E-state index is -1.44. The molecule has 3 amide bonds.